The van der Waals surface area contributed by atoms with E-state index in [9.17, 15) is 0 Å². The van der Waals surface area contributed by atoms with Crippen molar-refractivity contribution in [3.63, 3.8) is 0 Å². The van der Waals surface area contributed by atoms with Crippen LogP contribution >= 0.6 is 23.1 Å². The monoisotopic (exact) mass is 311 g/mol. The normalized spacial score (nSPS) is 11.4. The van der Waals surface area contributed by atoms with E-state index in [2.05, 4.69) is 35.4 Å². The van der Waals surface area contributed by atoms with E-state index >= 15 is 0 Å². The second kappa shape index (κ2) is 5.97. The number of ether oxygens (including phenoxy) is 1. The minimum Gasteiger partial charge on any atom is -0.496 e. The quantitative estimate of drug-likeness (QED) is 0.923. The molecule has 2 aromatic rings. The predicted molar refractivity (Wildman–Crippen MR) is 83.9 cm³/mol. The third-order valence-electron chi connectivity index (χ3n) is 2.81. The molecule has 20 heavy (non-hydrogen) atoms. The Kier molecular flexibility index (Phi) is 4.50. The second-order valence-corrected chi connectivity index (χ2v) is 6.61. The Labute approximate surface area is 128 Å². The second-order valence-electron chi connectivity index (χ2n) is 5.45. The molecule has 6 heteroatoms. The maximum absolute atomic E-state index is 6.20. The molecule has 108 valence electrons. The van der Waals surface area contributed by atoms with Crippen molar-refractivity contribution in [2.45, 2.75) is 32.7 Å². The lowest BCUT2D eigenvalue weighted by Crippen LogP contribution is -2.13. The van der Waals surface area contributed by atoms with E-state index in [1.54, 1.807) is 7.11 Å². The number of nitrogens with one attached hydrogen (secondary N) is 1. The van der Waals surface area contributed by atoms with Crippen LogP contribution in [0.1, 0.15) is 32.2 Å². The third-order valence-corrected chi connectivity index (χ3v) is 3.84. The maximum atomic E-state index is 6.20. The molecule has 2 rings (SSSR count). The summed E-state index contributed by atoms with van der Waals surface area (Å²) in [6.45, 7) is 6.84. The van der Waals surface area contributed by atoms with Crippen molar-refractivity contribution in [2.75, 3.05) is 12.4 Å². The van der Waals surface area contributed by atoms with E-state index < -0.39 is 0 Å². The van der Waals surface area contributed by atoms with Crippen LogP contribution in [-0.4, -0.2) is 16.5 Å². The van der Waals surface area contributed by atoms with E-state index in [0.29, 0.717) is 11.6 Å². The summed E-state index contributed by atoms with van der Waals surface area (Å²) in [5, 5.41) is 4.72. The summed E-state index contributed by atoms with van der Waals surface area (Å²) < 4.78 is 9.69. The molecule has 0 fully saturated rings. The van der Waals surface area contributed by atoms with Crippen molar-refractivity contribution in [1.29, 1.82) is 0 Å². The van der Waals surface area contributed by atoms with Gasteiger partial charge in [0.2, 0.25) is 5.13 Å². The summed E-state index contributed by atoms with van der Waals surface area (Å²) in [7, 11) is 1.64. The van der Waals surface area contributed by atoms with Crippen molar-refractivity contribution >= 4 is 28.3 Å². The molecule has 0 saturated heterocycles. The van der Waals surface area contributed by atoms with E-state index in [-0.39, 0.29) is 5.41 Å². The van der Waals surface area contributed by atoms with Gasteiger partial charge in [-0.1, -0.05) is 38.4 Å². The SMILES string of the molecule is COc1cccc(Cl)c1CNc1nc(C(C)(C)C)ns1. The summed E-state index contributed by atoms with van der Waals surface area (Å²) >= 11 is 7.56. The van der Waals surface area contributed by atoms with Gasteiger partial charge < -0.3 is 10.1 Å². The summed E-state index contributed by atoms with van der Waals surface area (Å²) in [5.41, 5.74) is 0.877. The Hall–Kier alpha value is -1.33. The molecule has 0 aliphatic heterocycles. The Bertz CT molecular complexity index is 592. The number of rotatable bonds is 4. The van der Waals surface area contributed by atoms with Crippen LogP contribution < -0.4 is 10.1 Å². The highest BCUT2D eigenvalue weighted by Gasteiger charge is 2.19. The molecule has 0 bridgehead atoms. The van der Waals surface area contributed by atoms with Gasteiger partial charge in [0.15, 0.2) is 0 Å². The molecule has 0 saturated carbocycles. The van der Waals surface area contributed by atoms with Gasteiger partial charge in [-0.15, -0.1) is 0 Å². The first-order chi connectivity index (χ1) is 9.41. The van der Waals surface area contributed by atoms with Gasteiger partial charge in [-0.25, -0.2) is 4.98 Å². The lowest BCUT2D eigenvalue weighted by molar-refractivity contribution is 0.410. The molecule has 0 unspecified atom stereocenters. The fraction of sp³-hybridized carbons (Fsp3) is 0.429. The molecule has 0 radical (unpaired) electrons. The van der Waals surface area contributed by atoms with Gasteiger partial charge in [0.25, 0.3) is 0 Å². The van der Waals surface area contributed by atoms with Crippen molar-refractivity contribution in [3.05, 3.63) is 34.6 Å². The topological polar surface area (TPSA) is 47.0 Å². The van der Waals surface area contributed by atoms with E-state index in [0.717, 1.165) is 22.3 Å². The molecule has 4 nitrogen and oxygen atoms in total. The van der Waals surface area contributed by atoms with Gasteiger partial charge >= 0.3 is 0 Å². The Morgan fingerprint density at radius 3 is 2.70 bits per heavy atom. The maximum Gasteiger partial charge on any atom is 0.202 e. The predicted octanol–water partition coefficient (Wildman–Crippen LogP) is 4.11. The van der Waals surface area contributed by atoms with Gasteiger partial charge in [-0.05, 0) is 12.1 Å². The van der Waals surface area contributed by atoms with E-state index in [1.807, 2.05) is 18.2 Å². The average Bonchev–Trinajstić information content (AvgIpc) is 2.85. The summed E-state index contributed by atoms with van der Waals surface area (Å²) in [6, 6.07) is 5.61. The average molecular weight is 312 g/mol. The lowest BCUT2D eigenvalue weighted by atomic mass is 9.96. The highest BCUT2D eigenvalue weighted by atomic mass is 35.5. The molecule has 1 heterocycles. The molecule has 0 spiro atoms. The molecule has 1 aromatic heterocycles. The molecule has 1 aromatic carbocycles. The zero-order valence-corrected chi connectivity index (χ0v) is 13.6. The van der Waals surface area contributed by atoms with Crippen LogP contribution in [0.25, 0.3) is 0 Å². The Morgan fingerprint density at radius 1 is 1.35 bits per heavy atom. The Balaban J connectivity index is 2.11. The standard InChI is InChI=1S/C14H18ClN3OS/c1-14(2,3)12-17-13(20-18-12)16-8-9-10(15)6-5-7-11(9)19-4/h5-7H,8H2,1-4H3,(H,16,17,18). The zero-order chi connectivity index (χ0) is 14.8. The minimum absolute atomic E-state index is 0.0431. The summed E-state index contributed by atoms with van der Waals surface area (Å²) in [5.74, 6) is 1.61. The largest absolute Gasteiger partial charge is 0.496 e. The van der Waals surface area contributed by atoms with Gasteiger partial charge in [0.1, 0.15) is 11.6 Å². The number of anilines is 1. The Morgan fingerprint density at radius 2 is 2.10 bits per heavy atom. The van der Waals surface area contributed by atoms with Crippen LogP contribution in [0.4, 0.5) is 5.13 Å². The highest BCUT2D eigenvalue weighted by Crippen LogP contribution is 2.28. The van der Waals surface area contributed by atoms with Crippen LogP contribution in [0.3, 0.4) is 0 Å². The number of halogens is 1. The minimum atomic E-state index is -0.0431. The van der Waals surface area contributed by atoms with Crippen LogP contribution in [0.2, 0.25) is 5.02 Å². The fourth-order valence-corrected chi connectivity index (χ4v) is 2.65. The van der Waals surface area contributed by atoms with Gasteiger partial charge in [-0.2, -0.15) is 4.37 Å². The number of hydrogen-bond donors (Lipinski definition) is 1. The van der Waals surface area contributed by atoms with Gasteiger partial charge in [0.05, 0.1) is 7.11 Å². The van der Waals surface area contributed by atoms with Crippen molar-refractivity contribution in [3.8, 4) is 5.75 Å². The fourth-order valence-electron chi connectivity index (χ4n) is 1.67. The van der Waals surface area contributed by atoms with Crippen LogP contribution in [0.15, 0.2) is 18.2 Å². The van der Waals surface area contributed by atoms with Gasteiger partial charge in [-0.3, -0.25) is 0 Å². The molecule has 0 aliphatic carbocycles. The number of hydrogen-bond acceptors (Lipinski definition) is 5. The molecular weight excluding hydrogens is 294 g/mol. The van der Waals surface area contributed by atoms with Crippen molar-refractivity contribution in [2.24, 2.45) is 0 Å². The molecule has 1 N–H and O–H groups in total. The van der Waals surface area contributed by atoms with Crippen LogP contribution in [0, 0.1) is 0 Å². The first-order valence-electron chi connectivity index (χ1n) is 6.31. The number of nitrogens with zero attached hydrogens (tertiary/aromatic N) is 2. The van der Waals surface area contributed by atoms with Crippen LogP contribution in [0.5, 0.6) is 5.75 Å². The van der Waals surface area contributed by atoms with Crippen molar-refractivity contribution in [1.82, 2.24) is 9.36 Å². The molecule has 0 aliphatic rings. The third kappa shape index (κ3) is 3.41. The number of aromatic nitrogens is 2. The van der Waals surface area contributed by atoms with E-state index in [4.69, 9.17) is 16.3 Å². The van der Waals surface area contributed by atoms with Gasteiger partial charge in [0, 0.05) is 34.1 Å². The lowest BCUT2D eigenvalue weighted by Gasteiger charge is -2.12. The van der Waals surface area contributed by atoms with Crippen LogP contribution in [-0.2, 0) is 12.0 Å². The first kappa shape index (κ1) is 15.1. The molecule has 0 amide bonds. The highest BCUT2D eigenvalue weighted by molar-refractivity contribution is 7.09. The van der Waals surface area contributed by atoms with Crippen molar-refractivity contribution < 1.29 is 4.74 Å². The zero-order valence-electron chi connectivity index (χ0n) is 12.0. The molecule has 0 atom stereocenters. The molecular formula is C14H18ClN3OS. The summed E-state index contributed by atoms with van der Waals surface area (Å²) in [6.07, 6.45) is 0. The summed E-state index contributed by atoms with van der Waals surface area (Å²) in [4.78, 5) is 4.49. The smallest absolute Gasteiger partial charge is 0.202 e. The number of methoxy groups -OCH3 is 1. The van der Waals surface area contributed by atoms with E-state index in [1.165, 1.54) is 11.5 Å². The number of benzene rings is 1. The first-order valence-corrected chi connectivity index (χ1v) is 7.46.